The van der Waals surface area contributed by atoms with Crippen LogP contribution in [0.1, 0.15) is 86.9 Å². The molecular weight excluding hydrogens is 946 g/mol. The highest BCUT2D eigenvalue weighted by molar-refractivity contribution is 7.97. The molecule has 1 aromatic heterocycles. The first-order valence-electron chi connectivity index (χ1n) is 23.3. The van der Waals surface area contributed by atoms with E-state index >= 15 is 0 Å². The zero-order valence-corrected chi connectivity index (χ0v) is 40.8. The number of aromatic carboxylic acids is 1. The Morgan fingerprint density at radius 2 is 1.71 bits per heavy atom. The predicted octanol–water partition coefficient (Wildman–Crippen LogP) is 7.25. The summed E-state index contributed by atoms with van der Waals surface area (Å²) < 4.78 is 21.8. The standard InChI is InChI=1S/C49H56ClN7O10S2/c1-49(2)25-34(51-33-9-5-7-31(23-33)43-41(50)42(67-26-40(59)60)44(68-43)46(62)63)18-21-55(49)69(3,66)27-28-6-4-8-32(22-28)52-47(64)54-19-16-29(17-20-54)30-10-13-36-38(24-30)56(35-11-12-35)48(65)57(36)37-14-15-39(58)53-45(37)61/h4-10,22-24,29,34-37,51H,3,11-21,25-27H2,1-2H3,(H,52,64)(H,59,60)(H,62,63)(H,53,58,61)/t34-,36?,37?,69?/m0/s1. The summed E-state index contributed by atoms with van der Waals surface area (Å²) in [4.78, 5) is 80.8. The zero-order valence-electron chi connectivity index (χ0n) is 38.4. The van der Waals surface area contributed by atoms with Crippen LogP contribution in [0.25, 0.3) is 10.4 Å². The smallest absolute Gasteiger partial charge is 0.349 e. The number of carbonyl (C=O) groups is 6. The summed E-state index contributed by atoms with van der Waals surface area (Å²) in [6.45, 7) is 4.98. The number of carboxylic acids is 2. The molecule has 2 aromatic carbocycles. The second-order valence-electron chi connectivity index (χ2n) is 19.3. The molecule has 6 aliphatic rings. The van der Waals surface area contributed by atoms with Crippen LogP contribution in [0.4, 0.5) is 21.0 Å². The third-order valence-corrected chi connectivity index (χ3v) is 17.8. The van der Waals surface area contributed by atoms with Crippen molar-refractivity contribution >= 4 is 85.7 Å². The highest BCUT2D eigenvalue weighted by Crippen LogP contribution is 2.47. The van der Waals surface area contributed by atoms with E-state index in [4.69, 9.17) is 21.4 Å². The summed E-state index contributed by atoms with van der Waals surface area (Å²) in [5.41, 5.74) is 4.38. The molecule has 5 heterocycles. The van der Waals surface area contributed by atoms with Crippen LogP contribution < -0.4 is 20.7 Å². The summed E-state index contributed by atoms with van der Waals surface area (Å²) in [5.74, 6) is 1.22. The Hall–Kier alpha value is -5.89. The Morgan fingerprint density at radius 3 is 2.41 bits per heavy atom. The minimum atomic E-state index is -2.81. The number of imide groups is 1. The number of amides is 6. The van der Waals surface area contributed by atoms with Crippen molar-refractivity contribution in [3.63, 3.8) is 0 Å². The quantitative estimate of drug-likeness (QED) is 0.0801. The molecule has 9 rings (SSSR count). The van der Waals surface area contributed by atoms with E-state index in [1.165, 1.54) is 0 Å². The number of carbonyl (C=O) groups excluding carboxylic acids is 4. The number of thiophene rings is 1. The normalized spacial score (nSPS) is 23.9. The lowest BCUT2D eigenvalue weighted by atomic mass is 9.84. The van der Waals surface area contributed by atoms with Gasteiger partial charge in [0.15, 0.2) is 17.2 Å². The molecule has 2 aliphatic carbocycles. The number of fused-ring (bicyclic) bond motifs is 1. The summed E-state index contributed by atoms with van der Waals surface area (Å²) >= 11 is 7.46. The molecule has 0 spiro atoms. The van der Waals surface area contributed by atoms with Crippen LogP contribution in [0.3, 0.4) is 0 Å². The number of halogens is 1. The maximum atomic E-state index is 14.5. The van der Waals surface area contributed by atoms with Crippen LogP contribution in [0, 0.1) is 5.92 Å². The Balaban J connectivity index is 0.782. The van der Waals surface area contributed by atoms with Crippen molar-refractivity contribution in [2.45, 2.75) is 107 Å². The van der Waals surface area contributed by atoms with Gasteiger partial charge in [-0.2, -0.15) is 0 Å². The molecule has 20 heteroatoms. The van der Waals surface area contributed by atoms with Crippen LogP contribution in [0.2, 0.25) is 5.02 Å². The van der Waals surface area contributed by atoms with Crippen molar-refractivity contribution in [2.75, 3.05) is 36.9 Å². The molecule has 0 radical (unpaired) electrons. The molecular formula is C49H56ClN7O10S2. The van der Waals surface area contributed by atoms with E-state index in [-0.39, 0.29) is 69.8 Å². The Kier molecular flexibility index (Phi) is 13.3. The number of benzene rings is 2. The second kappa shape index (κ2) is 19.1. The van der Waals surface area contributed by atoms with E-state index in [1.807, 2.05) is 70.4 Å². The number of likely N-dealkylation sites (tertiary alicyclic amines) is 1. The third-order valence-electron chi connectivity index (χ3n) is 13.9. The van der Waals surface area contributed by atoms with Crippen LogP contribution in [0.15, 0.2) is 72.0 Å². The van der Waals surface area contributed by atoms with Gasteiger partial charge in [0, 0.05) is 70.5 Å². The van der Waals surface area contributed by atoms with E-state index in [0.717, 1.165) is 59.5 Å². The van der Waals surface area contributed by atoms with Crippen molar-refractivity contribution in [3.05, 3.63) is 87.4 Å². The molecule has 69 heavy (non-hydrogen) atoms. The monoisotopic (exact) mass is 1000 g/mol. The van der Waals surface area contributed by atoms with Gasteiger partial charge in [-0.1, -0.05) is 41.9 Å². The molecule has 5 fully saturated rings. The number of nitrogens with one attached hydrogen (secondary N) is 3. The number of urea groups is 2. The number of aliphatic carboxylic acids is 1. The number of rotatable bonds is 14. The van der Waals surface area contributed by atoms with Crippen molar-refractivity contribution in [1.82, 2.24) is 24.3 Å². The van der Waals surface area contributed by atoms with Crippen LogP contribution in [-0.4, -0.2) is 131 Å². The van der Waals surface area contributed by atoms with Gasteiger partial charge in [0.25, 0.3) is 0 Å². The van der Waals surface area contributed by atoms with Gasteiger partial charge in [0.1, 0.15) is 11.1 Å². The van der Waals surface area contributed by atoms with Crippen molar-refractivity contribution in [2.24, 2.45) is 5.92 Å². The van der Waals surface area contributed by atoms with E-state index < -0.39 is 45.7 Å². The molecule has 6 amide bonds. The van der Waals surface area contributed by atoms with Crippen molar-refractivity contribution in [1.29, 1.82) is 0 Å². The Bertz CT molecular complexity index is 2780. The van der Waals surface area contributed by atoms with Gasteiger partial charge in [-0.3, -0.25) is 24.0 Å². The van der Waals surface area contributed by atoms with E-state index in [1.54, 1.807) is 11.0 Å². The fourth-order valence-electron chi connectivity index (χ4n) is 10.6. The van der Waals surface area contributed by atoms with Crippen LogP contribution in [0.5, 0.6) is 5.75 Å². The topological polar surface area (TPSA) is 218 Å². The average Bonchev–Trinajstić information content (AvgIpc) is 4.01. The van der Waals surface area contributed by atoms with Crippen LogP contribution >= 0.6 is 22.9 Å². The predicted molar refractivity (Wildman–Crippen MR) is 264 cm³/mol. The van der Waals surface area contributed by atoms with Gasteiger partial charge in [-0.25, -0.2) is 23.5 Å². The fourth-order valence-corrected chi connectivity index (χ4v) is 14.3. The highest BCUT2D eigenvalue weighted by Gasteiger charge is 2.52. The zero-order chi connectivity index (χ0) is 48.9. The lowest BCUT2D eigenvalue weighted by molar-refractivity contribution is -0.139. The number of nitrogens with zero attached hydrogens (tertiary/aromatic N) is 4. The van der Waals surface area contributed by atoms with Crippen molar-refractivity contribution < 1.29 is 47.9 Å². The lowest BCUT2D eigenvalue weighted by Crippen LogP contribution is -2.55. The molecule has 4 saturated heterocycles. The van der Waals surface area contributed by atoms with E-state index in [2.05, 4.69) is 34.0 Å². The second-order valence-corrected chi connectivity index (χ2v) is 23.0. The SMILES string of the molecule is C=S(=O)(Cc1cccc(NC(=O)N2CCC(C3=CCC4C(=C3)N(C3CC3)C(=O)N4C3CCC(=O)NC3=O)CC2)c1)N1CC[C@H](Nc2cccc(-c3sc(C(=O)O)c(OCC(=O)O)c3Cl)c2)CC1(C)C. The summed E-state index contributed by atoms with van der Waals surface area (Å²) in [6.07, 6.45) is 10.1. The molecule has 1 saturated carbocycles. The van der Waals surface area contributed by atoms with E-state index in [9.17, 15) is 38.1 Å². The molecule has 3 aromatic rings. The number of hydrogen-bond donors (Lipinski definition) is 5. The van der Waals surface area contributed by atoms with Gasteiger partial charge in [-0.05, 0) is 124 Å². The van der Waals surface area contributed by atoms with Crippen LogP contribution in [-0.2, 0) is 29.8 Å². The summed E-state index contributed by atoms with van der Waals surface area (Å²) in [7, 11) is -2.81. The number of piperidine rings is 3. The lowest BCUT2D eigenvalue weighted by Gasteiger charge is -2.47. The molecule has 0 bridgehead atoms. The molecule has 17 nitrogen and oxygen atoms in total. The minimum absolute atomic E-state index is 0.00501. The van der Waals surface area contributed by atoms with Gasteiger partial charge in [-0.15, -0.1) is 11.3 Å². The number of ether oxygens (including phenoxy) is 1. The largest absolute Gasteiger partial charge is 0.479 e. The maximum Gasteiger partial charge on any atom is 0.349 e. The third kappa shape index (κ3) is 10.1. The summed E-state index contributed by atoms with van der Waals surface area (Å²) in [6, 6.07) is 13.6. The first kappa shape index (κ1) is 48.1. The van der Waals surface area contributed by atoms with Gasteiger partial charge >= 0.3 is 24.0 Å². The number of anilines is 2. The van der Waals surface area contributed by atoms with Gasteiger partial charge in [0.05, 0.1) is 16.7 Å². The molecule has 366 valence electrons. The van der Waals surface area contributed by atoms with Crippen molar-refractivity contribution in [3.8, 4) is 16.2 Å². The maximum absolute atomic E-state index is 14.5. The van der Waals surface area contributed by atoms with Gasteiger partial charge in [0.2, 0.25) is 11.8 Å². The number of allylic oxidation sites excluding steroid dienone is 2. The molecule has 5 N–H and O–H groups in total. The number of hydrogen-bond acceptors (Lipinski definition) is 10. The van der Waals surface area contributed by atoms with Gasteiger partial charge < -0.3 is 35.4 Å². The summed E-state index contributed by atoms with van der Waals surface area (Å²) in [5, 5.41) is 27.9. The molecule has 4 aliphatic heterocycles. The Morgan fingerprint density at radius 1 is 0.971 bits per heavy atom. The average molecular weight is 1000 g/mol. The first-order valence-corrected chi connectivity index (χ1v) is 26.3. The highest BCUT2D eigenvalue weighted by atomic mass is 35.5. The molecule has 4 atom stereocenters. The Labute approximate surface area is 409 Å². The minimum Gasteiger partial charge on any atom is -0.479 e. The fraction of sp³-hybridized carbons (Fsp3) is 0.449. The first-order chi connectivity index (χ1) is 32.9. The molecule has 3 unspecified atom stereocenters. The number of carboxylic acid groups (broad SMARTS) is 2. The van der Waals surface area contributed by atoms with E-state index in [0.29, 0.717) is 61.4 Å².